The monoisotopic (exact) mass is 537 g/mol. The summed E-state index contributed by atoms with van der Waals surface area (Å²) in [5, 5.41) is 6.34. The van der Waals surface area contributed by atoms with E-state index in [-0.39, 0.29) is 17.5 Å². The predicted molar refractivity (Wildman–Crippen MR) is 144 cm³/mol. The van der Waals surface area contributed by atoms with Crippen molar-refractivity contribution >= 4 is 33.1 Å². The van der Waals surface area contributed by atoms with E-state index in [9.17, 15) is 17.6 Å². The zero-order valence-corrected chi connectivity index (χ0v) is 22.4. The van der Waals surface area contributed by atoms with Crippen LogP contribution in [-0.2, 0) is 21.5 Å². The second-order valence-corrected chi connectivity index (χ2v) is 12.3. The summed E-state index contributed by atoms with van der Waals surface area (Å²) in [5.41, 5.74) is 4.45. The number of hydrazine groups is 1. The maximum atomic E-state index is 14.3. The minimum absolute atomic E-state index is 0.162. The SMILES string of the molecule is COc1cc(OS(=O)(=O)C2CC2)ccc1-c1ccc2c3c1CN(c1cc(F)ccc1C)N3C(=O)C(C)(C)N2. The Hall–Kier alpha value is -3.79. The number of anilines is 3. The Morgan fingerprint density at radius 1 is 1.05 bits per heavy atom. The van der Waals surface area contributed by atoms with E-state index in [0.717, 1.165) is 27.9 Å². The third-order valence-electron chi connectivity index (χ3n) is 7.28. The molecule has 198 valence electrons. The molecule has 0 spiro atoms. The zero-order valence-electron chi connectivity index (χ0n) is 21.5. The van der Waals surface area contributed by atoms with Gasteiger partial charge in [0, 0.05) is 17.2 Å². The predicted octanol–water partition coefficient (Wildman–Crippen LogP) is 5.15. The Morgan fingerprint density at radius 2 is 1.79 bits per heavy atom. The molecule has 0 bridgehead atoms. The minimum atomic E-state index is -3.67. The summed E-state index contributed by atoms with van der Waals surface area (Å²) in [5.74, 6) is 0.0731. The molecule has 1 amide bonds. The van der Waals surface area contributed by atoms with E-state index in [1.54, 1.807) is 29.3 Å². The van der Waals surface area contributed by atoms with Crippen molar-refractivity contribution in [3.05, 3.63) is 65.5 Å². The average Bonchev–Trinajstić information content (AvgIpc) is 3.66. The number of ether oxygens (including phenoxy) is 1. The number of rotatable bonds is 6. The molecule has 0 unspecified atom stereocenters. The number of hydrogen-bond donors (Lipinski definition) is 1. The number of amides is 1. The molecule has 0 saturated heterocycles. The fourth-order valence-electron chi connectivity index (χ4n) is 5.16. The number of nitrogens with zero attached hydrogens (tertiary/aromatic N) is 2. The molecule has 0 aromatic heterocycles. The number of aryl methyl sites for hydroxylation is 1. The minimum Gasteiger partial charge on any atom is -0.496 e. The molecule has 0 atom stereocenters. The van der Waals surface area contributed by atoms with E-state index in [1.165, 1.54) is 19.2 Å². The van der Waals surface area contributed by atoms with Gasteiger partial charge < -0.3 is 14.2 Å². The maximum absolute atomic E-state index is 14.3. The molecule has 1 fully saturated rings. The molecular weight excluding hydrogens is 509 g/mol. The Balaban J connectivity index is 1.48. The lowest BCUT2D eigenvalue weighted by molar-refractivity contribution is -0.122. The molecule has 1 N–H and O–H groups in total. The van der Waals surface area contributed by atoms with E-state index in [2.05, 4.69) is 5.32 Å². The normalized spacial score (nSPS) is 17.8. The van der Waals surface area contributed by atoms with Crippen molar-refractivity contribution in [1.29, 1.82) is 0 Å². The van der Waals surface area contributed by atoms with Crippen LogP contribution in [0.15, 0.2) is 48.5 Å². The molecule has 6 rings (SSSR count). The fourth-order valence-corrected chi connectivity index (χ4v) is 6.38. The molecule has 0 radical (unpaired) electrons. The van der Waals surface area contributed by atoms with Gasteiger partial charge >= 0.3 is 10.1 Å². The van der Waals surface area contributed by atoms with Crippen LogP contribution in [0, 0.1) is 12.7 Å². The van der Waals surface area contributed by atoms with Gasteiger partial charge in [-0.15, -0.1) is 0 Å². The van der Waals surface area contributed by atoms with Crippen LogP contribution in [0.5, 0.6) is 11.5 Å². The van der Waals surface area contributed by atoms with Gasteiger partial charge in [0.25, 0.3) is 5.91 Å². The van der Waals surface area contributed by atoms with Crippen LogP contribution in [0.2, 0.25) is 0 Å². The van der Waals surface area contributed by atoms with Crippen LogP contribution in [0.1, 0.15) is 37.8 Å². The van der Waals surface area contributed by atoms with Gasteiger partial charge in [0.05, 0.1) is 36.0 Å². The smallest absolute Gasteiger partial charge is 0.312 e. The molecule has 3 aromatic rings. The summed E-state index contributed by atoms with van der Waals surface area (Å²) in [7, 11) is -2.16. The van der Waals surface area contributed by atoms with Crippen molar-refractivity contribution in [3.8, 4) is 22.6 Å². The Kier molecular flexibility index (Phi) is 5.40. The van der Waals surface area contributed by atoms with Crippen molar-refractivity contribution in [2.45, 2.75) is 50.9 Å². The van der Waals surface area contributed by atoms with Crippen LogP contribution in [-0.4, -0.2) is 32.2 Å². The van der Waals surface area contributed by atoms with Gasteiger partial charge in [0.2, 0.25) is 0 Å². The largest absolute Gasteiger partial charge is 0.496 e. The van der Waals surface area contributed by atoms with E-state index in [4.69, 9.17) is 8.92 Å². The number of halogens is 1. The van der Waals surface area contributed by atoms with Crippen molar-refractivity contribution in [1.82, 2.24) is 0 Å². The van der Waals surface area contributed by atoms with Crippen molar-refractivity contribution in [2.75, 3.05) is 22.4 Å². The molecule has 3 aromatic carbocycles. The van der Waals surface area contributed by atoms with Crippen molar-refractivity contribution < 1.29 is 26.5 Å². The maximum Gasteiger partial charge on any atom is 0.312 e. The second-order valence-electron chi connectivity index (χ2n) is 10.5. The van der Waals surface area contributed by atoms with Crippen molar-refractivity contribution in [3.63, 3.8) is 0 Å². The number of carbonyl (C=O) groups excluding carboxylic acids is 1. The van der Waals surface area contributed by atoms with Gasteiger partial charge in [-0.2, -0.15) is 8.42 Å². The van der Waals surface area contributed by atoms with E-state index in [1.807, 2.05) is 37.9 Å². The van der Waals surface area contributed by atoms with E-state index >= 15 is 0 Å². The van der Waals surface area contributed by atoms with Gasteiger partial charge in [-0.25, -0.2) is 9.40 Å². The summed E-state index contributed by atoms with van der Waals surface area (Å²) in [4.78, 5) is 13.7. The van der Waals surface area contributed by atoms with Crippen LogP contribution >= 0.6 is 0 Å². The average molecular weight is 538 g/mol. The number of carbonyl (C=O) groups is 1. The third kappa shape index (κ3) is 3.86. The van der Waals surface area contributed by atoms with Gasteiger partial charge in [-0.05, 0) is 75.1 Å². The first kappa shape index (κ1) is 24.5. The summed E-state index contributed by atoms with van der Waals surface area (Å²) >= 11 is 0. The first-order valence-corrected chi connectivity index (χ1v) is 13.9. The summed E-state index contributed by atoms with van der Waals surface area (Å²) in [6.07, 6.45) is 1.22. The molecule has 38 heavy (non-hydrogen) atoms. The van der Waals surface area contributed by atoms with Crippen LogP contribution < -0.4 is 24.3 Å². The first-order valence-electron chi connectivity index (χ1n) is 12.4. The standard InChI is InChI=1S/C28H28FN3O5S/c1-16-5-6-17(29)13-24(16)31-15-22-20(11-12-23-26(22)32(31)27(33)28(2,3)30-23)21-10-7-18(14-25(21)36-4)37-38(34,35)19-8-9-19/h5-7,10-14,19,30H,8-9,15H2,1-4H3. The topological polar surface area (TPSA) is 88.2 Å². The zero-order chi connectivity index (χ0) is 27.0. The third-order valence-corrected chi connectivity index (χ3v) is 8.99. The quantitative estimate of drug-likeness (QED) is 0.435. The molecule has 8 nitrogen and oxygen atoms in total. The number of hydrogen-bond acceptors (Lipinski definition) is 7. The van der Waals surface area contributed by atoms with Gasteiger partial charge in [0.15, 0.2) is 0 Å². The molecule has 2 heterocycles. The summed E-state index contributed by atoms with van der Waals surface area (Å²) in [6, 6.07) is 13.3. The Labute approximate surface area is 221 Å². The molecule has 1 saturated carbocycles. The highest BCUT2D eigenvalue weighted by Crippen LogP contribution is 2.50. The molecule has 10 heteroatoms. The van der Waals surface area contributed by atoms with Crippen LogP contribution in [0.25, 0.3) is 11.1 Å². The molecule has 3 aliphatic rings. The highest BCUT2D eigenvalue weighted by Gasteiger charge is 2.47. The van der Waals surface area contributed by atoms with E-state index in [0.29, 0.717) is 36.5 Å². The van der Waals surface area contributed by atoms with Crippen LogP contribution in [0.4, 0.5) is 21.5 Å². The molecule has 1 aliphatic carbocycles. The molecular formula is C28H28FN3O5S. The van der Waals surface area contributed by atoms with E-state index < -0.39 is 20.9 Å². The second kappa shape index (κ2) is 8.36. The lowest BCUT2D eigenvalue weighted by Crippen LogP contribution is -2.57. The first-order chi connectivity index (χ1) is 18.0. The number of nitrogens with one attached hydrogen (secondary N) is 1. The Morgan fingerprint density at radius 3 is 2.50 bits per heavy atom. The highest BCUT2D eigenvalue weighted by atomic mass is 32.2. The number of benzene rings is 3. The number of methoxy groups -OCH3 is 1. The summed E-state index contributed by atoms with van der Waals surface area (Å²) < 4.78 is 50.0. The highest BCUT2D eigenvalue weighted by molar-refractivity contribution is 7.88. The van der Waals surface area contributed by atoms with Gasteiger partial charge in [0.1, 0.15) is 22.9 Å². The fraction of sp³-hybridized carbons (Fsp3) is 0.321. The van der Waals surface area contributed by atoms with Gasteiger partial charge in [-0.3, -0.25) is 9.80 Å². The summed E-state index contributed by atoms with van der Waals surface area (Å²) in [6.45, 7) is 5.84. The van der Waals surface area contributed by atoms with Gasteiger partial charge in [-0.1, -0.05) is 12.1 Å². The van der Waals surface area contributed by atoms with Crippen molar-refractivity contribution in [2.24, 2.45) is 0 Å². The lowest BCUT2D eigenvalue weighted by Gasteiger charge is -2.41. The Bertz CT molecular complexity index is 1600. The van der Waals surface area contributed by atoms with Crippen LogP contribution in [0.3, 0.4) is 0 Å². The molecule has 2 aliphatic heterocycles. The lowest BCUT2D eigenvalue weighted by atomic mass is 9.93.